The summed E-state index contributed by atoms with van der Waals surface area (Å²) in [6.45, 7) is -0.218. The van der Waals surface area contributed by atoms with Crippen LogP contribution in [0, 0.1) is 0 Å². The molecular weight excluding hydrogens is 255 g/mol. The van der Waals surface area contributed by atoms with Crippen LogP contribution < -0.4 is 0 Å². The van der Waals surface area contributed by atoms with Gasteiger partial charge in [0.25, 0.3) is 0 Å². The van der Waals surface area contributed by atoms with E-state index in [-0.39, 0.29) is 6.61 Å². The van der Waals surface area contributed by atoms with Crippen molar-refractivity contribution >= 4 is 0 Å². The summed E-state index contributed by atoms with van der Waals surface area (Å²) in [5.74, 6) is -4.83. The first kappa shape index (κ1) is 14.9. The van der Waals surface area contributed by atoms with Gasteiger partial charge in [0, 0.05) is 5.56 Å². The molecule has 1 radical (unpaired) electrons. The van der Waals surface area contributed by atoms with Crippen LogP contribution in [0.1, 0.15) is 24.0 Å². The number of rotatable bonds is 5. The summed E-state index contributed by atoms with van der Waals surface area (Å²) in [5.41, 5.74) is -0.423. The van der Waals surface area contributed by atoms with E-state index in [0.29, 0.717) is 24.8 Å². The van der Waals surface area contributed by atoms with E-state index < -0.39 is 17.7 Å². The summed E-state index contributed by atoms with van der Waals surface area (Å²) >= 11 is 0. The second-order valence-corrected chi connectivity index (χ2v) is 3.93. The Morgan fingerprint density at radius 2 is 1.44 bits per heavy atom. The summed E-state index contributed by atoms with van der Waals surface area (Å²) in [6.07, 6.45) is -4.03. The molecule has 18 heavy (non-hydrogen) atoms. The van der Waals surface area contributed by atoms with Gasteiger partial charge in [0.1, 0.15) is 0 Å². The molecule has 1 aromatic carbocycles. The van der Waals surface area contributed by atoms with Crippen molar-refractivity contribution in [2.45, 2.75) is 31.4 Å². The molecule has 0 atom stereocenters. The van der Waals surface area contributed by atoms with Crippen LogP contribution in [-0.2, 0) is 17.4 Å². The van der Waals surface area contributed by atoms with Gasteiger partial charge < -0.3 is 0 Å². The average Bonchev–Trinajstić information content (AvgIpc) is 2.28. The van der Waals surface area contributed by atoms with Gasteiger partial charge in [-0.25, -0.2) is 5.11 Å². The number of hydrogen-bond donors (Lipinski definition) is 0. The van der Waals surface area contributed by atoms with Crippen LogP contribution in [0.25, 0.3) is 0 Å². The Kier molecular flexibility index (Phi) is 4.67. The van der Waals surface area contributed by atoms with Gasteiger partial charge >= 0.3 is 12.1 Å². The van der Waals surface area contributed by atoms with E-state index in [2.05, 4.69) is 0 Å². The van der Waals surface area contributed by atoms with E-state index in [9.17, 15) is 27.1 Å². The molecule has 0 saturated heterocycles. The van der Waals surface area contributed by atoms with E-state index in [4.69, 9.17) is 0 Å². The highest BCUT2D eigenvalue weighted by Crippen LogP contribution is 2.43. The average molecular weight is 267 g/mol. The van der Waals surface area contributed by atoms with Crippen LogP contribution in [0.5, 0.6) is 0 Å². The predicted octanol–water partition coefficient (Wildman–Crippen LogP) is 4.09. The lowest BCUT2D eigenvalue weighted by Gasteiger charge is -2.19. The molecule has 0 N–H and O–H groups in total. The number of benzene rings is 1. The lowest BCUT2D eigenvalue weighted by Crippen LogP contribution is -2.33. The monoisotopic (exact) mass is 267 g/mol. The fourth-order valence-electron chi connectivity index (χ4n) is 1.48. The standard InChI is InChI=1S/C12H12F5O/c13-11(14,12(15,16)17)10-6-4-9(5-7-10)3-1-2-8-18/h4-7H,1-3,8H2. The van der Waals surface area contributed by atoms with Crippen molar-refractivity contribution in [3.05, 3.63) is 35.4 Å². The van der Waals surface area contributed by atoms with Gasteiger partial charge in [0.15, 0.2) is 0 Å². The lowest BCUT2D eigenvalue weighted by molar-refractivity contribution is -0.289. The number of halogens is 5. The topological polar surface area (TPSA) is 19.9 Å². The van der Waals surface area contributed by atoms with E-state index in [0.717, 1.165) is 12.1 Å². The normalized spacial score (nSPS) is 12.8. The molecule has 0 heterocycles. The fraction of sp³-hybridized carbons (Fsp3) is 0.500. The van der Waals surface area contributed by atoms with Crippen molar-refractivity contribution in [3.8, 4) is 0 Å². The highest BCUT2D eigenvalue weighted by molar-refractivity contribution is 5.27. The second-order valence-electron chi connectivity index (χ2n) is 3.93. The first-order chi connectivity index (χ1) is 8.29. The molecule has 101 valence electrons. The summed E-state index contributed by atoms with van der Waals surface area (Å²) < 4.78 is 62.1. The van der Waals surface area contributed by atoms with Gasteiger partial charge in [-0.2, -0.15) is 22.0 Å². The molecule has 0 spiro atoms. The van der Waals surface area contributed by atoms with Gasteiger partial charge in [-0.15, -0.1) is 0 Å². The van der Waals surface area contributed by atoms with Crippen molar-refractivity contribution in [1.82, 2.24) is 0 Å². The first-order valence-corrected chi connectivity index (χ1v) is 5.41. The van der Waals surface area contributed by atoms with Crippen molar-refractivity contribution in [1.29, 1.82) is 0 Å². The second kappa shape index (κ2) is 5.65. The maximum Gasteiger partial charge on any atom is 0.458 e. The van der Waals surface area contributed by atoms with Crippen LogP contribution in [0.3, 0.4) is 0 Å². The van der Waals surface area contributed by atoms with E-state index in [1.165, 1.54) is 12.1 Å². The molecule has 0 bridgehead atoms. The highest BCUT2D eigenvalue weighted by Gasteiger charge is 2.58. The van der Waals surface area contributed by atoms with Gasteiger partial charge in [-0.05, 0) is 24.8 Å². The third-order valence-electron chi connectivity index (χ3n) is 2.53. The van der Waals surface area contributed by atoms with Gasteiger partial charge in [-0.3, -0.25) is 0 Å². The van der Waals surface area contributed by atoms with Gasteiger partial charge in [0.05, 0.1) is 6.61 Å². The first-order valence-electron chi connectivity index (χ1n) is 5.41. The summed E-state index contributed by atoms with van der Waals surface area (Å²) in [4.78, 5) is 0. The van der Waals surface area contributed by atoms with E-state index in [1.54, 1.807) is 0 Å². The van der Waals surface area contributed by atoms with Crippen molar-refractivity contribution < 1.29 is 27.1 Å². The Hall–Kier alpha value is -1.17. The smallest absolute Gasteiger partial charge is 0.237 e. The zero-order chi connectivity index (χ0) is 13.8. The predicted molar refractivity (Wildman–Crippen MR) is 54.9 cm³/mol. The molecule has 0 aliphatic heterocycles. The molecule has 0 aliphatic carbocycles. The Morgan fingerprint density at radius 1 is 0.889 bits per heavy atom. The molecule has 0 fully saturated rings. The molecule has 1 aromatic rings. The fourth-order valence-corrected chi connectivity index (χ4v) is 1.48. The number of aryl methyl sites for hydroxylation is 1. The SMILES string of the molecule is [O]CCCCc1ccc(C(F)(F)C(F)(F)F)cc1. The Morgan fingerprint density at radius 3 is 1.89 bits per heavy atom. The van der Waals surface area contributed by atoms with Gasteiger partial charge in [0.2, 0.25) is 0 Å². The molecule has 0 aliphatic rings. The molecule has 1 nitrogen and oxygen atoms in total. The molecule has 0 saturated carbocycles. The molecule has 0 unspecified atom stereocenters. The third-order valence-corrected chi connectivity index (χ3v) is 2.53. The minimum Gasteiger partial charge on any atom is -0.237 e. The minimum absolute atomic E-state index is 0.218. The van der Waals surface area contributed by atoms with E-state index in [1.807, 2.05) is 0 Å². The number of hydrogen-bond acceptors (Lipinski definition) is 0. The zero-order valence-electron chi connectivity index (χ0n) is 9.44. The van der Waals surface area contributed by atoms with Crippen LogP contribution >= 0.6 is 0 Å². The third kappa shape index (κ3) is 3.41. The summed E-state index contributed by atoms with van der Waals surface area (Å²) in [5, 5.41) is 10.2. The van der Waals surface area contributed by atoms with Gasteiger partial charge in [-0.1, -0.05) is 24.3 Å². The van der Waals surface area contributed by atoms with E-state index >= 15 is 0 Å². The highest BCUT2D eigenvalue weighted by atomic mass is 19.4. The zero-order valence-corrected chi connectivity index (χ0v) is 9.44. The summed E-state index contributed by atoms with van der Waals surface area (Å²) in [7, 11) is 0. The maximum atomic E-state index is 12.9. The lowest BCUT2D eigenvalue weighted by atomic mass is 10.0. The van der Waals surface area contributed by atoms with Crippen molar-refractivity contribution in [2.75, 3.05) is 6.61 Å². The van der Waals surface area contributed by atoms with Crippen LogP contribution in [0.2, 0.25) is 0 Å². The minimum atomic E-state index is -5.59. The Balaban J connectivity index is 2.77. The summed E-state index contributed by atoms with van der Waals surface area (Å²) in [6, 6.07) is 4.03. The maximum absolute atomic E-state index is 12.9. The Labute approximate surface area is 101 Å². The Bertz CT molecular complexity index is 369. The molecule has 0 amide bonds. The van der Waals surface area contributed by atoms with Crippen molar-refractivity contribution in [3.63, 3.8) is 0 Å². The molecule has 6 heteroatoms. The molecule has 1 rings (SSSR count). The quantitative estimate of drug-likeness (QED) is 0.565. The number of alkyl halides is 5. The largest absolute Gasteiger partial charge is 0.458 e. The van der Waals surface area contributed by atoms with Crippen LogP contribution in [-0.4, -0.2) is 12.8 Å². The van der Waals surface area contributed by atoms with Crippen molar-refractivity contribution in [2.24, 2.45) is 0 Å². The molecular formula is C12H12F5O. The van der Waals surface area contributed by atoms with Crippen LogP contribution in [0.15, 0.2) is 24.3 Å². The number of unbranched alkanes of at least 4 members (excludes halogenated alkanes) is 1. The van der Waals surface area contributed by atoms with Crippen LogP contribution in [0.4, 0.5) is 22.0 Å². The molecule has 0 aromatic heterocycles.